The lowest BCUT2D eigenvalue weighted by molar-refractivity contribution is 0.0663. The van der Waals surface area contributed by atoms with E-state index >= 15 is 0 Å². The highest BCUT2D eigenvalue weighted by molar-refractivity contribution is 7.92. The fraction of sp³-hybridized carbons (Fsp3) is 0.350. The molecule has 2 aromatic carbocycles. The van der Waals surface area contributed by atoms with E-state index in [0.717, 1.165) is 13.1 Å². The number of hydrogen-bond acceptors (Lipinski definition) is 6. The standard InChI is InChI=1S/C20H26N4O4S.ClH/c1-3-28-16-8-10-17(11-9-16)29(26,27)22-19-7-5-4-6-18(19)20(25)21-24-14-12-23(2)13-15-24;/h4-11,22H,3,12-15H2,1-2H3,(H,21,25);1H. The molecule has 10 heteroatoms. The number of para-hydroxylation sites is 1. The Morgan fingerprint density at radius 1 is 1.03 bits per heavy atom. The van der Waals surface area contributed by atoms with Crippen molar-refractivity contribution in [2.45, 2.75) is 11.8 Å². The van der Waals surface area contributed by atoms with Crippen LogP contribution in [0.25, 0.3) is 0 Å². The number of amides is 1. The van der Waals surface area contributed by atoms with Crippen molar-refractivity contribution in [2.24, 2.45) is 0 Å². The number of nitrogens with zero attached hydrogens (tertiary/aromatic N) is 2. The van der Waals surface area contributed by atoms with Gasteiger partial charge in [-0.3, -0.25) is 14.9 Å². The molecule has 8 nitrogen and oxygen atoms in total. The number of sulfonamides is 1. The number of hydrogen-bond donors (Lipinski definition) is 2. The number of nitrogens with one attached hydrogen (secondary N) is 2. The lowest BCUT2D eigenvalue weighted by Gasteiger charge is -2.32. The van der Waals surface area contributed by atoms with E-state index in [1.807, 2.05) is 19.0 Å². The number of ether oxygens (including phenoxy) is 1. The molecule has 1 fully saturated rings. The fourth-order valence-electron chi connectivity index (χ4n) is 2.98. The zero-order chi connectivity index (χ0) is 20.9. The first kappa shape index (κ1) is 23.9. The molecule has 1 amide bonds. The Labute approximate surface area is 183 Å². The summed E-state index contributed by atoms with van der Waals surface area (Å²) in [6, 6.07) is 12.7. The number of likely N-dealkylation sites (N-methyl/N-ethyl adjacent to an activating group) is 1. The van der Waals surface area contributed by atoms with E-state index in [0.29, 0.717) is 25.4 Å². The number of halogens is 1. The highest BCUT2D eigenvalue weighted by Gasteiger charge is 2.21. The molecule has 0 radical (unpaired) electrons. The molecule has 2 aromatic rings. The maximum Gasteiger partial charge on any atom is 0.267 e. The molecule has 1 aliphatic heterocycles. The number of carbonyl (C=O) groups is 1. The molecule has 0 aromatic heterocycles. The summed E-state index contributed by atoms with van der Waals surface area (Å²) in [6.07, 6.45) is 0. The maximum atomic E-state index is 12.8. The third kappa shape index (κ3) is 6.09. The van der Waals surface area contributed by atoms with Crippen LogP contribution in [0, 0.1) is 0 Å². The van der Waals surface area contributed by atoms with Gasteiger partial charge in [-0.05, 0) is 50.4 Å². The van der Waals surface area contributed by atoms with Gasteiger partial charge in [0.15, 0.2) is 0 Å². The van der Waals surface area contributed by atoms with Gasteiger partial charge in [-0.2, -0.15) is 0 Å². The number of carbonyl (C=O) groups excluding carboxylic acids is 1. The zero-order valence-corrected chi connectivity index (χ0v) is 18.6. The molecule has 0 atom stereocenters. The second kappa shape index (κ2) is 10.6. The van der Waals surface area contributed by atoms with Gasteiger partial charge in [0.25, 0.3) is 15.9 Å². The van der Waals surface area contributed by atoms with E-state index in [4.69, 9.17) is 4.74 Å². The van der Waals surface area contributed by atoms with Crippen LogP contribution in [0.1, 0.15) is 17.3 Å². The molecule has 0 saturated carbocycles. The van der Waals surface area contributed by atoms with Crippen LogP contribution >= 0.6 is 12.4 Å². The van der Waals surface area contributed by atoms with Crippen molar-refractivity contribution in [1.29, 1.82) is 0 Å². The van der Waals surface area contributed by atoms with Gasteiger partial charge in [-0.15, -0.1) is 12.4 Å². The third-order valence-corrected chi connectivity index (χ3v) is 6.01. The first-order chi connectivity index (χ1) is 13.9. The summed E-state index contributed by atoms with van der Waals surface area (Å²) in [4.78, 5) is 15.0. The smallest absolute Gasteiger partial charge is 0.267 e. The predicted molar refractivity (Wildman–Crippen MR) is 119 cm³/mol. The Kier molecular flexibility index (Phi) is 8.48. The van der Waals surface area contributed by atoms with Crippen molar-refractivity contribution >= 4 is 34.0 Å². The Morgan fingerprint density at radius 2 is 1.67 bits per heavy atom. The molecular weight excluding hydrogens is 428 g/mol. The van der Waals surface area contributed by atoms with Crippen molar-refractivity contribution in [3.63, 3.8) is 0 Å². The van der Waals surface area contributed by atoms with Crippen molar-refractivity contribution < 1.29 is 17.9 Å². The second-order valence-electron chi connectivity index (χ2n) is 6.79. The Hall–Kier alpha value is -2.33. The maximum absolute atomic E-state index is 12.8. The Bertz CT molecular complexity index is 946. The van der Waals surface area contributed by atoms with Crippen LogP contribution in [-0.4, -0.2) is 64.1 Å². The van der Waals surface area contributed by atoms with E-state index in [2.05, 4.69) is 15.0 Å². The SMILES string of the molecule is CCOc1ccc(S(=O)(=O)Nc2ccccc2C(=O)NN2CCN(C)CC2)cc1.Cl. The zero-order valence-electron chi connectivity index (χ0n) is 17.0. The van der Waals surface area contributed by atoms with E-state index < -0.39 is 10.0 Å². The van der Waals surface area contributed by atoms with Gasteiger partial charge in [0, 0.05) is 26.2 Å². The highest BCUT2D eigenvalue weighted by atomic mass is 35.5. The van der Waals surface area contributed by atoms with Gasteiger partial charge >= 0.3 is 0 Å². The van der Waals surface area contributed by atoms with Crippen LogP contribution < -0.4 is 14.9 Å². The average Bonchev–Trinajstić information content (AvgIpc) is 2.70. The van der Waals surface area contributed by atoms with E-state index in [1.54, 1.807) is 36.4 Å². The minimum Gasteiger partial charge on any atom is -0.494 e. The Balaban J connectivity index is 0.00000320. The van der Waals surface area contributed by atoms with Gasteiger partial charge in [-0.25, -0.2) is 13.4 Å². The van der Waals surface area contributed by atoms with Gasteiger partial charge in [-0.1, -0.05) is 12.1 Å². The van der Waals surface area contributed by atoms with E-state index in [9.17, 15) is 13.2 Å². The molecule has 164 valence electrons. The lowest BCUT2D eigenvalue weighted by atomic mass is 10.2. The molecule has 1 aliphatic rings. The molecule has 3 rings (SSSR count). The van der Waals surface area contributed by atoms with Gasteiger partial charge in [0.2, 0.25) is 0 Å². The first-order valence-electron chi connectivity index (χ1n) is 9.48. The summed E-state index contributed by atoms with van der Waals surface area (Å²) in [5.74, 6) is 0.248. The van der Waals surface area contributed by atoms with Crippen LogP contribution in [-0.2, 0) is 10.0 Å². The normalized spacial score (nSPS) is 15.1. The quantitative estimate of drug-likeness (QED) is 0.666. The number of piperazine rings is 1. The second-order valence-corrected chi connectivity index (χ2v) is 8.47. The topological polar surface area (TPSA) is 91.0 Å². The van der Waals surface area contributed by atoms with Crippen molar-refractivity contribution in [1.82, 2.24) is 15.3 Å². The molecule has 1 heterocycles. The molecule has 30 heavy (non-hydrogen) atoms. The number of anilines is 1. The highest BCUT2D eigenvalue weighted by Crippen LogP contribution is 2.22. The molecular formula is C20H27ClN4O4S. The van der Waals surface area contributed by atoms with Gasteiger partial charge < -0.3 is 9.64 Å². The van der Waals surface area contributed by atoms with Crippen LogP contribution in [0.15, 0.2) is 53.4 Å². The molecule has 0 bridgehead atoms. The summed E-state index contributed by atoms with van der Waals surface area (Å²) in [5.41, 5.74) is 3.35. The monoisotopic (exact) mass is 454 g/mol. The fourth-order valence-corrected chi connectivity index (χ4v) is 4.06. The summed E-state index contributed by atoms with van der Waals surface area (Å²) in [5, 5.41) is 1.85. The van der Waals surface area contributed by atoms with Crippen LogP contribution in [0.5, 0.6) is 5.75 Å². The van der Waals surface area contributed by atoms with Crippen LogP contribution in [0.4, 0.5) is 5.69 Å². The van der Waals surface area contributed by atoms with Crippen molar-refractivity contribution in [3.05, 3.63) is 54.1 Å². The van der Waals surface area contributed by atoms with Crippen molar-refractivity contribution in [3.8, 4) is 5.75 Å². The summed E-state index contributed by atoms with van der Waals surface area (Å²) < 4.78 is 33.4. The number of benzene rings is 2. The summed E-state index contributed by atoms with van der Waals surface area (Å²) in [7, 11) is -1.82. The predicted octanol–water partition coefficient (Wildman–Crippen LogP) is 2.20. The molecule has 1 saturated heterocycles. The minimum absolute atomic E-state index is 0. The molecule has 2 N–H and O–H groups in total. The Morgan fingerprint density at radius 3 is 2.30 bits per heavy atom. The summed E-state index contributed by atoms with van der Waals surface area (Å²) in [6.45, 7) is 5.49. The average molecular weight is 455 g/mol. The largest absolute Gasteiger partial charge is 0.494 e. The minimum atomic E-state index is -3.85. The van der Waals surface area contributed by atoms with E-state index in [1.165, 1.54) is 12.1 Å². The molecule has 0 aliphatic carbocycles. The van der Waals surface area contributed by atoms with E-state index in [-0.39, 0.29) is 34.5 Å². The molecule has 0 unspecified atom stereocenters. The number of rotatable bonds is 7. The van der Waals surface area contributed by atoms with Crippen LogP contribution in [0.3, 0.4) is 0 Å². The first-order valence-corrected chi connectivity index (χ1v) is 11.0. The lowest BCUT2D eigenvalue weighted by Crippen LogP contribution is -2.52. The number of hydrazine groups is 1. The van der Waals surface area contributed by atoms with Crippen molar-refractivity contribution in [2.75, 3.05) is 44.6 Å². The van der Waals surface area contributed by atoms with Gasteiger partial charge in [0.05, 0.1) is 22.8 Å². The van der Waals surface area contributed by atoms with Crippen LogP contribution in [0.2, 0.25) is 0 Å². The van der Waals surface area contributed by atoms with Gasteiger partial charge in [0.1, 0.15) is 5.75 Å². The summed E-state index contributed by atoms with van der Waals surface area (Å²) >= 11 is 0. The molecule has 0 spiro atoms. The third-order valence-electron chi connectivity index (χ3n) is 4.62.